The molecule has 3 rings (SSSR count). The molecule has 1 N–H and O–H groups in total. The van der Waals surface area contributed by atoms with Gasteiger partial charge in [0.1, 0.15) is 6.61 Å². The van der Waals surface area contributed by atoms with Crippen LogP contribution < -0.4 is 4.74 Å². The van der Waals surface area contributed by atoms with E-state index in [-0.39, 0.29) is 11.9 Å². The molecule has 28 heavy (non-hydrogen) atoms. The lowest BCUT2D eigenvalue weighted by atomic mass is 9.96. The number of oxime groups is 1. The molecule has 2 aromatic rings. The van der Waals surface area contributed by atoms with Crippen molar-refractivity contribution in [1.29, 1.82) is 0 Å². The van der Waals surface area contributed by atoms with Crippen LogP contribution in [0.25, 0.3) is 0 Å². The predicted molar refractivity (Wildman–Crippen MR) is 102 cm³/mol. The minimum atomic E-state index is -0.194. The Morgan fingerprint density at radius 1 is 1.25 bits per heavy atom. The van der Waals surface area contributed by atoms with Gasteiger partial charge in [-0.15, -0.1) is 0 Å². The fraction of sp³-hybridized carbons (Fsp3) is 0.400. The van der Waals surface area contributed by atoms with E-state index < -0.39 is 0 Å². The van der Waals surface area contributed by atoms with Gasteiger partial charge in [0.2, 0.25) is 5.88 Å². The molecular weight excluding hydrogens is 360 g/mol. The van der Waals surface area contributed by atoms with Crippen LogP contribution in [0.1, 0.15) is 29.7 Å². The minimum absolute atomic E-state index is 0.125. The average molecular weight is 384 g/mol. The number of esters is 1. The highest BCUT2D eigenvalue weighted by molar-refractivity contribution is 6.00. The number of ether oxygens (including phenoxy) is 2. The summed E-state index contributed by atoms with van der Waals surface area (Å²) >= 11 is 0. The zero-order valence-corrected chi connectivity index (χ0v) is 16.0. The van der Waals surface area contributed by atoms with Crippen molar-refractivity contribution < 1.29 is 19.5 Å². The summed E-state index contributed by atoms with van der Waals surface area (Å²) in [5.41, 5.74) is 2.37. The maximum Gasteiger partial charge on any atom is 0.308 e. The summed E-state index contributed by atoms with van der Waals surface area (Å²) in [6.07, 6.45) is 4.68. The third kappa shape index (κ3) is 4.57. The quantitative estimate of drug-likeness (QED) is 0.278. The Bertz CT molecular complexity index is 833. The van der Waals surface area contributed by atoms with Crippen LogP contribution in [0.2, 0.25) is 0 Å². The average Bonchev–Trinajstić information content (AvgIpc) is 2.74. The molecular formula is C20H24N4O4. The summed E-state index contributed by atoms with van der Waals surface area (Å²) in [5, 5.41) is 13.2. The smallest absolute Gasteiger partial charge is 0.308 e. The first-order valence-electron chi connectivity index (χ1n) is 9.17. The van der Waals surface area contributed by atoms with Gasteiger partial charge in [-0.1, -0.05) is 5.16 Å². The molecule has 1 aliphatic rings. The zero-order chi connectivity index (χ0) is 19.9. The van der Waals surface area contributed by atoms with Gasteiger partial charge >= 0.3 is 5.97 Å². The van der Waals surface area contributed by atoms with Crippen molar-refractivity contribution in [2.75, 3.05) is 20.2 Å². The molecule has 1 fully saturated rings. The van der Waals surface area contributed by atoms with Gasteiger partial charge in [-0.2, -0.15) is 0 Å². The molecule has 8 nitrogen and oxygen atoms in total. The molecule has 0 amide bonds. The van der Waals surface area contributed by atoms with Gasteiger partial charge in [0.15, 0.2) is 5.84 Å². The van der Waals surface area contributed by atoms with Crippen LogP contribution in [0.3, 0.4) is 0 Å². The highest BCUT2D eigenvalue weighted by Crippen LogP contribution is 2.25. The van der Waals surface area contributed by atoms with Gasteiger partial charge in [-0.05, 0) is 49.6 Å². The molecule has 0 spiro atoms. The highest BCUT2D eigenvalue weighted by Gasteiger charge is 2.29. The number of hydrogen-bond acceptors (Lipinski definition) is 7. The number of rotatable bonds is 5. The monoisotopic (exact) mass is 384 g/mol. The first-order chi connectivity index (χ1) is 13.6. The first-order valence-corrected chi connectivity index (χ1v) is 9.17. The van der Waals surface area contributed by atoms with Gasteiger partial charge in [0.25, 0.3) is 0 Å². The second-order valence-corrected chi connectivity index (χ2v) is 6.66. The van der Waals surface area contributed by atoms with Crippen LogP contribution in [0.15, 0.2) is 41.8 Å². The second-order valence-electron chi connectivity index (χ2n) is 6.66. The van der Waals surface area contributed by atoms with Crippen LogP contribution in [-0.4, -0.2) is 52.1 Å². The number of aryl methyl sites for hydroxylation is 1. The molecule has 2 aromatic heterocycles. The fourth-order valence-corrected chi connectivity index (χ4v) is 3.22. The Balaban J connectivity index is 1.76. The van der Waals surface area contributed by atoms with Crippen molar-refractivity contribution in [2.45, 2.75) is 26.4 Å². The van der Waals surface area contributed by atoms with Crippen molar-refractivity contribution in [3.05, 3.63) is 53.5 Å². The Kier molecular flexibility index (Phi) is 6.41. The van der Waals surface area contributed by atoms with Crippen LogP contribution in [0.5, 0.6) is 5.88 Å². The van der Waals surface area contributed by atoms with Gasteiger partial charge < -0.3 is 19.6 Å². The molecule has 0 aliphatic carbocycles. The first kappa shape index (κ1) is 19.6. The number of nitrogens with zero attached hydrogens (tertiary/aromatic N) is 4. The lowest BCUT2D eigenvalue weighted by molar-refractivity contribution is -0.146. The van der Waals surface area contributed by atoms with E-state index >= 15 is 0 Å². The summed E-state index contributed by atoms with van der Waals surface area (Å²) in [5.74, 6) is 0.473. The van der Waals surface area contributed by atoms with E-state index in [1.165, 1.54) is 7.11 Å². The lowest BCUT2D eigenvalue weighted by Gasteiger charge is -2.32. The Labute approximate surface area is 163 Å². The molecule has 0 bridgehead atoms. The number of piperidine rings is 1. The van der Waals surface area contributed by atoms with Gasteiger partial charge in [-0.25, -0.2) is 4.98 Å². The van der Waals surface area contributed by atoms with E-state index in [0.717, 1.165) is 11.3 Å². The van der Waals surface area contributed by atoms with E-state index in [2.05, 4.69) is 15.1 Å². The van der Waals surface area contributed by atoms with E-state index in [1.807, 2.05) is 36.1 Å². The second kappa shape index (κ2) is 9.16. The fourth-order valence-electron chi connectivity index (χ4n) is 3.22. The van der Waals surface area contributed by atoms with E-state index in [1.54, 1.807) is 12.4 Å². The summed E-state index contributed by atoms with van der Waals surface area (Å²) in [7, 11) is 1.40. The van der Waals surface area contributed by atoms with Crippen LogP contribution >= 0.6 is 0 Å². The number of pyridine rings is 2. The van der Waals surface area contributed by atoms with Gasteiger partial charge in [0, 0.05) is 31.2 Å². The molecule has 0 aromatic carbocycles. The standard InChI is InChI=1S/C20H24N4O4/c1-14-3-4-17(19(22-14)28-13-15-5-9-21-10-6-15)18(23-26)24-11-7-16(8-12-24)20(25)27-2/h3-6,9-10,16,26H,7-8,11-13H2,1-2H3/b23-18-. The van der Waals surface area contributed by atoms with Crippen molar-refractivity contribution in [3.63, 3.8) is 0 Å². The third-order valence-corrected chi connectivity index (χ3v) is 4.79. The van der Waals surface area contributed by atoms with Crippen molar-refractivity contribution in [1.82, 2.24) is 14.9 Å². The lowest BCUT2D eigenvalue weighted by Crippen LogP contribution is -2.41. The summed E-state index contributed by atoms with van der Waals surface area (Å²) in [6.45, 7) is 3.36. The van der Waals surface area contributed by atoms with Crippen LogP contribution in [0, 0.1) is 12.8 Å². The number of amidine groups is 1. The van der Waals surface area contributed by atoms with E-state index in [4.69, 9.17) is 9.47 Å². The summed E-state index contributed by atoms with van der Waals surface area (Å²) in [4.78, 5) is 22.1. The Hall–Kier alpha value is -3.16. The molecule has 0 saturated carbocycles. The molecule has 0 radical (unpaired) electrons. The molecule has 0 atom stereocenters. The predicted octanol–water partition coefficient (Wildman–Crippen LogP) is 2.38. The van der Waals surface area contributed by atoms with Crippen LogP contribution in [-0.2, 0) is 16.1 Å². The third-order valence-electron chi connectivity index (χ3n) is 4.79. The molecule has 148 valence electrons. The maximum absolute atomic E-state index is 11.7. The normalized spacial score (nSPS) is 15.4. The number of carbonyl (C=O) groups excluding carboxylic acids is 1. The molecule has 8 heteroatoms. The topological polar surface area (TPSA) is 97.1 Å². The number of hydrogen-bond donors (Lipinski definition) is 1. The number of likely N-dealkylation sites (tertiary alicyclic amines) is 1. The zero-order valence-electron chi connectivity index (χ0n) is 16.0. The number of carbonyl (C=O) groups is 1. The largest absolute Gasteiger partial charge is 0.472 e. The summed E-state index contributed by atoms with van der Waals surface area (Å²) in [6, 6.07) is 7.43. The van der Waals surface area contributed by atoms with Crippen molar-refractivity contribution in [2.24, 2.45) is 11.1 Å². The molecule has 3 heterocycles. The van der Waals surface area contributed by atoms with Crippen molar-refractivity contribution >= 4 is 11.8 Å². The highest BCUT2D eigenvalue weighted by atomic mass is 16.5. The Morgan fingerprint density at radius 3 is 2.61 bits per heavy atom. The van der Waals surface area contributed by atoms with Gasteiger partial charge in [-0.3, -0.25) is 9.78 Å². The van der Waals surface area contributed by atoms with Crippen LogP contribution in [0.4, 0.5) is 0 Å². The van der Waals surface area contributed by atoms with Crippen molar-refractivity contribution in [3.8, 4) is 5.88 Å². The summed E-state index contributed by atoms with van der Waals surface area (Å²) < 4.78 is 10.8. The Morgan fingerprint density at radius 2 is 1.96 bits per heavy atom. The van der Waals surface area contributed by atoms with Gasteiger partial charge in [0.05, 0.1) is 18.6 Å². The molecule has 0 unspecified atom stereocenters. The van der Waals surface area contributed by atoms with E-state index in [9.17, 15) is 10.0 Å². The maximum atomic E-state index is 11.7. The number of aromatic nitrogens is 2. The minimum Gasteiger partial charge on any atom is -0.472 e. The molecule has 1 aliphatic heterocycles. The SMILES string of the molecule is COC(=O)C1CCN(/C(=N\O)c2ccc(C)nc2OCc2ccncc2)CC1. The molecule has 1 saturated heterocycles. The number of methoxy groups -OCH3 is 1. The van der Waals surface area contributed by atoms with E-state index in [0.29, 0.717) is 49.8 Å².